The zero-order valence-corrected chi connectivity index (χ0v) is 11.8. The molecule has 1 heterocycles. The largest absolute Gasteiger partial charge is 0.508 e. The number of aromatic hydroxyl groups is 1. The van der Waals surface area contributed by atoms with E-state index in [4.69, 9.17) is 9.47 Å². The predicted octanol–water partition coefficient (Wildman–Crippen LogP) is 4.19. The van der Waals surface area contributed by atoms with E-state index < -0.39 is 0 Å². The number of phenols is 1. The third-order valence-corrected chi connectivity index (χ3v) is 4.07. The summed E-state index contributed by atoms with van der Waals surface area (Å²) in [4.78, 5) is 1.13. The summed E-state index contributed by atoms with van der Waals surface area (Å²) in [5.41, 5.74) is 0. The molecule has 20 heavy (non-hydrogen) atoms. The molecule has 0 radical (unpaired) electrons. The summed E-state index contributed by atoms with van der Waals surface area (Å²) in [5, 5.41) is 10.6. The number of methoxy groups -OCH3 is 1. The molecule has 1 aromatic heterocycles. The first-order valence-electron chi connectivity index (χ1n) is 6.23. The van der Waals surface area contributed by atoms with Crippen molar-refractivity contribution in [2.24, 2.45) is 0 Å². The quantitative estimate of drug-likeness (QED) is 0.781. The van der Waals surface area contributed by atoms with Crippen molar-refractivity contribution >= 4 is 21.4 Å². The maximum absolute atomic E-state index is 9.46. The van der Waals surface area contributed by atoms with Gasteiger partial charge in [0, 0.05) is 9.58 Å². The van der Waals surface area contributed by atoms with E-state index in [1.165, 1.54) is 0 Å². The molecule has 0 saturated heterocycles. The van der Waals surface area contributed by atoms with Crippen LogP contribution in [0, 0.1) is 0 Å². The Kier molecular flexibility index (Phi) is 3.48. The highest BCUT2D eigenvalue weighted by Gasteiger charge is 2.04. The molecule has 4 heteroatoms. The SMILES string of the molecule is COc1ccc(OCc2cc3ccc(O)cc3s2)cc1. The third kappa shape index (κ3) is 2.70. The smallest absolute Gasteiger partial charge is 0.122 e. The lowest BCUT2D eigenvalue weighted by Crippen LogP contribution is -1.92. The van der Waals surface area contributed by atoms with Gasteiger partial charge in [-0.2, -0.15) is 0 Å². The Labute approximate surface area is 121 Å². The van der Waals surface area contributed by atoms with E-state index in [1.807, 2.05) is 30.3 Å². The van der Waals surface area contributed by atoms with Crippen molar-refractivity contribution in [2.75, 3.05) is 7.11 Å². The molecule has 3 nitrogen and oxygen atoms in total. The van der Waals surface area contributed by atoms with E-state index in [-0.39, 0.29) is 0 Å². The van der Waals surface area contributed by atoms with Gasteiger partial charge in [0.1, 0.15) is 23.9 Å². The van der Waals surface area contributed by atoms with Crippen LogP contribution in [-0.2, 0) is 6.61 Å². The first-order chi connectivity index (χ1) is 9.74. The molecule has 0 aliphatic carbocycles. The highest BCUT2D eigenvalue weighted by molar-refractivity contribution is 7.19. The average molecular weight is 286 g/mol. The van der Waals surface area contributed by atoms with E-state index in [9.17, 15) is 5.11 Å². The fraction of sp³-hybridized carbons (Fsp3) is 0.125. The molecule has 1 N–H and O–H groups in total. The summed E-state index contributed by atoms with van der Waals surface area (Å²) >= 11 is 1.63. The normalized spacial score (nSPS) is 10.7. The molecule has 3 aromatic rings. The van der Waals surface area contributed by atoms with Crippen LogP contribution in [0.3, 0.4) is 0 Å². The maximum Gasteiger partial charge on any atom is 0.122 e. The molecule has 0 bridgehead atoms. The Morgan fingerprint density at radius 3 is 2.50 bits per heavy atom. The van der Waals surface area contributed by atoms with Gasteiger partial charge in [0.05, 0.1) is 7.11 Å². The molecule has 102 valence electrons. The number of ether oxygens (including phenoxy) is 2. The standard InChI is InChI=1S/C16H14O3S/c1-18-13-4-6-14(7-5-13)19-10-15-8-11-2-3-12(17)9-16(11)20-15/h2-9,17H,10H2,1H3. The number of hydrogen-bond acceptors (Lipinski definition) is 4. The van der Waals surface area contributed by atoms with Gasteiger partial charge in [-0.1, -0.05) is 0 Å². The van der Waals surface area contributed by atoms with Gasteiger partial charge in [0.15, 0.2) is 0 Å². The number of phenolic OH excluding ortho intramolecular Hbond substituents is 1. The van der Waals surface area contributed by atoms with Gasteiger partial charge >= 0.3 is 0 Å². The summed E-state index contributed by atoms with van der Waals surface area (Å²) in [6, 6.07) is 15.0. The van der Waals surface area contributed by atoms with Crippen LogP contribution in [0.2, 0.25) is 0 Å². The van der Waals surface area contributed by atoms with E-state index in [1.54, 1.807) is 30.6 Å². The predicted molar refractivity (Wildman–Crippen MR) is 80.8 cm³/mol. The van der Waals surface area contributed by atoms with Crippen molar-refractivity contribution in [1.82, 2.24) is 0 Å². The first-order valence-corrected chi connectivity index (χ1v) is 7.04. The molecule has 0 aliphatic heterocycles. The van der Waals surface area contributed by atoms with Gasteiger partial charge in [0.2, 0.25) is 0 Å². The molecule has 0 saturated carbocycles. The van der Waals surface area contributed by atoms with Gasteiger partial charge in [-0.05, 0) is 53.9 Å². The van der Waals surface area contributed by atoms with Crippen LogP contribution < -0.4 is 9.47 Å². The van der Waals surface area contributed by atoms with Crippen LogP contribution in [0.5, 0.6) is 17.2 Å². The number of thiophene rings is 1. The lowest BCUT2D eigenvalue weighted by Gasteiger charge is -2.05. The summed E-state index contributed by atoms with van der Waals surface area (Å²) in [6.45, 7) is 0.520. The van der Waals surface area contributed by atoms with Gasteiger partial charge in [-0.3, -0.25) is 0 Å². The molecule has 2 aromatic carbocycles. The second kappa shape index (κ2) is 5.43. The van der Waals surface area contributed by atoms with Crippen LogP contribution in [-0.4, -0.2) is 12.2 Å². The monoisotopic (exact) mass is 286 g/mol. The Morgan fingerprint density at radius 2 is 1.75 bits per heavy atom. The molecule has 0 unspecified atom stereocenters. The number of benzene rings is 2. The van der Waals surface area contributed by atoms with E-state index >= 15 is 0 Å². The van der Waals surface area contributed by atoms with Crippen molar-refractivity contribution in [3.8, 4) is 17.2 Å². The highest BCUT2D eigenvalue weighted by Crippen LogP contribution is 2.29. The second-order valence-electron chi connectivity index (χ2n) is 4.40. The minimum atomic E-state index is 0.293. The third-order valence-electron chi connectivity index (χ3n) is 3.00. The number of rotatable bonds is 4. The van der Waals surface area contributed by atoms with Gasteiger partial charge in [0.25, 0.3) is 0 Å². The highest BCUT2D eigenvalue weighted by atomic mass is 32.1. The van der Waals surface area contributed by atoms with Crippen LogP contribution in [0.25, 0.3) is 10.1 Å². The summed E-state index contributed by atoms with van der Waals surface area (Å²) in [7, 11) is 1.64. The Morgan fingerprint density at radius 1 is 1.00 bits per heavy atom. The Bertz CT molecular complexity index is 716. The minimum absolute atomic E-state index is 0.293. The molecule has 0 spiro atoms. The van der Waals surface area contributed by atoms with Gasteiger partial charge in [-0.15, -0.1) is 11.3 Å². The van der Waals surface area contributed by atoms with Crippen molar-refractivity contribution in [3.63, 3.8) is 0 Å². The molecule has 0 fully saturated rings. The van der Waals surface area contributed by atoms with Crippen LogP contribution in [0.15, 0.2) is 48.5 Å². The molecule has 0 aliphatic rings. The van der Waals surface area contributed by atoms with Gasteiger partial charge in [-0.25, -0.2) is 0 Å². The van der Waals surface area contributed by atoms with E-state index in [0.717, 1.165) is 26.5 Å². The zero-order valence-electron chi connectivity index (χ0n) is 11.0. The molecular formula is C16H14O3S. The lowest BCUT2D eigenvalue weighted by molar-refractivity contribution is 0.309. The molecule has 3 rings (SSSR count). The fourth-order valence-corrected chi connectivity index (χ4v) is 2.98. The Hall–Kier alpha value is -2.20. The topological polar surface area (TPSA) is 38.7 Å². The fourth-order valence-electron chi connectivity index (χ4n) is 1.97. The first kappa shape index (κ1) is 12.8. The van der Waals surface area contributed by atoms with E-state index in [2.05, 4.69) is 6.07 Å². The van der Waals surface area contributed by atoms with E-state index in [0.29, 0.717) is 12.4 Å². The number of fused-ring (bicyclic) bond motifs is 1. The van der Waals surface area contributed by atoms with Crippen LogP contribution in [0.4, 0.5) is 0 Å². The Balaban J connectivity index is 1.72. The van der Waals surface area contributed by atoms with Crippen molar-refractivity contribution in [3.05, 3.63) is 53.4 Å². The minimum Gasteiger partial charge on any atom is -0.508 e. The summed E-state index contributed by atoms with van der Waals surface area (Å²) in [5.74, 6) is 1.92. The second-order valence-corrected chi connectivity index (χ2v) is 5.57. The average Bonchev–Trinajstić information content (AvgIpc) is 2.87. The zero-order chi connectivity index (χ0) is 13.9. The van der Waals surface area contributed by atoms with Crippen molar-refractivity contribution < 1.29 is 14.6 Å². The number of hydrogen-bond donors (Lipinski definition) is 1. The van der Waals surface area contributed by atoms with Gasteiger partial charge < -0.3 is 14.6 Å². The van der Waals surface area contributed by atoms with Crippen LogP contribution in [0.1, 0.15) is 4.88 Å². The lowest BCUT2D eigenvalue weighted by atomic mass is 10.2. The van der Waals surface area contributed by atoms with Crippen LogP contribution >= 0.6 is 11.3 Å². The molecular weight excluding hydrogens is 272 g/mol. The maximum atomic E-state index is 9.46. The molecule has 0 amide bonds. The van der Waals surface area contributed by atoms with Crippen molar-refractivity contribution in [2.45, 2.75) is 6.61 Å². The summed E-state index contributed by atoms with van der Waals surface area (Å²) in [6.07, 6.45) is 0. The molecule has 0 atom stereocenters. The summed E-state index contributed by atoms with van der Waals surface area (Å²) < 4.78 is 11.9. The van der Waals surface area contributed by atoms with Crippen molar-refractivity contribution in [1.29, 1.82) is 0 Å².